The van der Waals surface area contributed by atoms with Crippen LogP contribution in [0.1, 0.15) is 33.8 Å². The zero-order valence-corrected chi connectivity index (χ0v) is 14.2. The Morgan fingerprint density at radius 2 is 2.00 bits per heavy atom. The summed E-state index contributed by atoms with van der Waals surface area (Å²) in [6, 6.07) is 5.62. The molecule has 2 aromatic carbocycles. The Kier molecular flexibility index (Phi) is 3.96. The number of fused-ring (bicyclic) bond motifs is 3. The standard InChI is InChI=1S/C19H17FO6/c1-23-11-5-3-4-10(20)15(11)18(22)16-12(24-2)8-13-14(17(16)21)9-6-7-25-19(9)26-13/h3-5,8-9,19,21H,6-7H2,1-2H3/t9-,19+/m0/s1. The number of methoxy groups -OCH3 is 2. The van der Waals surface area contributed by atoms with Crippen LogP contribution in [0.4, 0.5) is 4.39 Å². The normalized spacial score (nSPS) is 20.3. The summed E-state index contributed by atoms with van der Waals surface area (Å²) in [6.07, 6.45) is 0.169. The van der Waals surface area contributed by atoms with Crippen LogP contribution in [0.15, 0.2) is 24.3 Å². The van der Waals surface area contributed by atoms with Crippen LogP contribution >= 0.6 is 0 Å². The summed E-state index contributed by atoms with van der Waals surface area (Å²) >= 11 is 0. The molecule has 0 radical (unpaired) electrons. The number of benzene rings is 2. The second kappa shape index (κ2) is 6.17. The van der Waals surface area contributed by atoms with Gasteiger partial charge in [-0.2, -0.15) is 0 Å². The molecule has 2 heterocycles. The number of halogens is 1. The van der Waals surface area contributed by atoms with Gasteiger partial charge >= 0.3 is 0 Å². The number of ether oxygens (including phenoxy) is 4. The third-order valence-corrected chi connectivity index (χ3v) is 4.79. The highest BCUT2D eigenvalue weighted by molar-refractivity contribution is 6.14. The predicted octanol–water partition coefficient (Wildman–Crippen LogP) is 3.00. The van der Waals surface area contributed by atoms with Gasteiger partial charge in [-0.15, -0.1) is 0 Å². The van der Waals surface area contributed by atoms with Gasteiger partial charge in [0.15, 0.2) is 0 Å². The summed E-state index contributed by atoms with van der Waals surface area (Å²) in [7, 11) is 2.71. The fourth-order valence-electron chi connectivity index (χ4n) is 3.58. The number of carbonyl (C=O) groups excluding carboxylic acids is 1. The van der Waals surface area contributed by atoms with Crippen molar-refractivity contribution >= 4 is 5.78 Å². The van der Waals surface area contributed by atoms with E-state index in [4.69, 9.17) is 18.9 Å². The summed E-state index contributed by atoms with van der Waals surface area (Å²) in [5, 5.41) is 10.9. The van der Waals surface area contributed by atoms with Gasteiger partial charge in [-0.3, -0.25) is 4.79 Å². The smallest absolute Gasteiger partial charge is 0.207 e. The summed E-state index contributed by atoms with van der Waals surface area (Å²) in [6.45, 7) is 0.505. The molecule has 0 aromatic heterocycles. The van der Waals surface area contributed by atoms with E-state index < -0.39 is 17.9 Å². The lowest BCUT2D eigenvalue weighted by atomic mass is 9.91. The fourth-order valence-corrected chi connectivity index (χ4v) is 3.58. The van der Waals surface area contributed by atoms with Crippen LogP contribution in [0.2, 0.25) is 0 Å². The number of phenolic OH excluding ortho intramolecular Hbond substituents is 1. The highest BCUT2D eigenvalue weighted by Crippen LogP contribution is 2.52. The van der Waals surface area contributed by atoms with E-state index in [0.29, 0.717) is 24.3 Å². The molecule has 0 unspecified atom stereocenters. The maximum Gasteiger partial charge on any atom is 0.207 e. The molecule has 1 fully saturated rings. The van der Waals surface area contributed by atoms with Gasteiger partial charge in [0.2, 0.25) is 12.1 Å². The quantitative estimate of drug-likeness (QED) is 0.845. The molecule has 1 N–H and O–H groups in total. The van der Waals surface area contributed by atoms with Gasteiger partial charge < -0.3 is 24.1 Å². The third kappa shape index (κ3) is 2.31. The second-order valence-electron chi connectivity index (χ2n) is 6.11. The first kappa shape index (κ1) is 16.7. The van der Waals surface area contributed by atoms with E-state index in [2.05, 4.69) is 0 Å². The van der Waals surface area contributed by atoms with E-state index in [1.807, 2.05) is 0 Å². The van der Waals surface area contributed by atoms with Crippen LogP contribution in [0.3, 0.4) is 0 Å². The van der Waals surface area contributed by atoms with Crippen molar-refractivity contribution in [1.29, 1.82) is 0 Å². The maximum absolute atomic E-state index is 14.4. The number of ketones is 1. The molecule has 2 atom stereocenters. The van der Waals surface area contributed by atoms with E-state index in [1.165, 1.54) is 32.4 Å². The van der Waals surface area contributed by atoms with E-state index in [1.54, 1.807) is 0 Å². The monoisotopic (exact) mass is 360 g/mol. The highest BCUT2D eigenvalue weighted by atomic mass is 19.1. The first-order chi connectivity index (χ1) is 12.6. The topological polar surface area (TPSA) is 74.2 Å². The van der Waals surface area contributed by atoms with E-state index in [9.17, 15) is 14.3 Å². The Hall–Kier alpha value is -2.80. The van der Waals surface area contributed by atoms with Gasteiger partial charge in [0, 0.05) is 11.6 Å². The predicted molar refractivity (Wildman–Crippen MR) is 88.8 cm³/mol. The highest BCUT2D eigenvalue weighted by Gasteiger charge is 2.43. The molecule has 0 bridgehead atoms. The lowest BCUT2D eigenvalue weighted by molar-refractivity contribution is -0.0338. The lowest BCUT2D eigenvalue weighted by Crippen LogP contribution is -2.13. The number of phenols is 1. The molecule has 4 rings (SSSR count). The van der Waals surface area contributed by atoms with Gasteiger partial charge in [0.25, 0.3) is 0 Å². The van der Waals surface area contributed by atoms with Crippen LogP contribution in [0, 0.1) is 5.82 Å². The number of carbonyl (C=O) groups is 1. The minimum absolute atomic E-state index is 0.0790. The summed E-state index contributed by atoms with van der Waals surface area (Å²) in [4.78, 5) is 13.1. The Morgan fingerprint density at radius 3 is 2.73 bits per heavy atom. The Labute approximate surface area is 149 Å². The average Bonchev–Trinajstić information content (AvgIpc) is 3.21. The maximum atomic E-state index is 14.4. The Morgan fingerprint density at radius 1 is 1.23 bits per heavy atom. The fraction of sp³-hybridized carbons (Fsp3) is 0.316. The first-order valence-electron chi connectivity index (χ1n) is 8.16. The lowest BCUT2D eigenvalue weighted by Gasteiger charge is -2.16. The molecule has 0 amide bonds. The van der Waals surface area contributed by atoms with Gasteiger partial charge in [-0.1, -0.05) is 6.07 Å². The van der Waals surface area contributed by atoms with Gasteiger partial charge in [0.05, 0.1) is 26.7 Å². The van der Waals surface area contributed by atoms with Crippen LogP contribution in [0.5, 0.6) is 23.0 Å². The molecular formula is C19H17FO6. The van der Waals surface area contributed by atoms with Crippen molar-refractivity contribution in [2.75, 3.05) is 20.8 Å². The molecule has 6 nitrogen and oxygen atoms in total. The minimum atomic E-state index is -0.741. The van der Waals surface area contributed by atoms with Crippen LogP contribution in [0.25, 0.3) is 0 Å². The van der Waals surface area contributed by atoms with Gasteiger partial charge in [-0.25, -0.2) is 4.39 Å². The van der Waals surface area contributed by atoms with E-state index >= 15 is 0 Å². The van der Waals surface area contributed by atoms with Crippen LogP contribution < -0.4 is 14.2 Å². The van der Waals surface area contributed by atoms with E-state index in [-0.39, 0.29) is 34.3 Å². The van der Waals surface area contributed by atoms with Crippen molar-refractivity contribution in [2.45, 2.75) is 18.6 Å². The van der Waals surface area contributed by atoms with Crippen molar-refractivity contribution in [3.63, 3.8) is 0 Å². The molecule has 2 aliphatic heterocycles. The van der Waals surface area contributed by atoms with E-state index in [0.717, 1.165) is 6.07 Å². The average molecular weight is 360 g/mol. The van der Waals surface area contributed by atoms with Crippen LogP contribution in [-0.4, -0.2) is 38.0 Å². The van der Waals surface area contributed by atoms with Crippen molar-refractivity contribution in [3.05, 3.63) is 46.8 Å². The zero-order valence-electron chi connectivity index (χ0n) is 14.2. The number of hydrogen-bond acceptors (Lipinski definition) is 6. The zero-order chi connectivity index (χ0) is 18.4. The SMILES string of the molecule is COc1cccc(F)c1C(=O)c1c(OC)cc2c(c1O)[C@@H]1CCO[C@@H]1O2. The summed E-state index contributed by atoms with van der Waals surface area (Å²) in [5.41, 5.74) is 0.111. The molecule has 0 saturated carbocycles. The molecule has 2 aliphatic rings. The number of aromatic hydroxyl groups is 1. The Balaban J connectivity index is 1.90. The van der Waals surface area contributed by atoms with Crippen molar-refractivity contribution < 1.29 is 33.2 Å². The van der Waals surface area contributed by atoms with Crippen LogP contribution in [-0.2, 0) is 4.74 Å². The van der Waals surface area contributed by atoms with Gasteiger partial charge in [0.1, 0.15) is 39.9 Å². The molecule has 0 spiro atoms. The minimum Gasteiger partial charge on any atom is -0.507 e. The molecule has 2 aromatic rings. The molecular weight excluding hydrogens is 343 g/mol. The van der Waals surface area contributed by atoms with Crippen molar-refractivity contribution in [3.8, 4) is 23.0 Å². The molecule has 7 heteroatoms. The molecule has 136 valence electrons. The third-order valence-electron chi connectivity index (χ3n) is 4.79. The number of rotatable bonds is 4. The molecule has 26 heavy (non-hydrogen) atoms. The van der Waals surface area contributed by atoms with Crippen molar-refractivity contribution in [2.24, 2.45) is 0 Å². The molecule has 1 saturated heterocycles. The van der Waals surface area contributed by atoms with Gasteiger partial charge in [-0.05, 0) is 18.6 Å². The molecule has 0 aliphatic carbocycles. The van der Waals surface area contributed by atoms with Crippen molar-refractivity contribution in [1.82, 2.24) is 0 Å². The summed E-state index contributed by atoms with van der Waals surface area (Å²) in [5.74, 6) is -1.33. The largest absolute Gasteiger partial charge is 0.507 e. The first-order valence-corrected chi connectivity index (χ1v) is 8.16. The second-order valence-corrected chi connectivity index (χ2v) is 6.11. The Bertz CT molecular complexity index is 894. The number of hydrogen-bond donors (Lipinski definition) is 1. The summed E-state index contributed by atoms with van der Waals surface area (Å²) < 4.78 is 35.9.